The minimum absolute atomic E-state index is 0.190. The number of unbranched alkanes of at least 4 members (excludes halogenated alkanes) is 1. The second kappa shape index (κ2) is 13.0. The summed E-state index contributed by atoms with van der Waals surface area (Å²) in [6.45, 7) is 8.14. The summed E-state index contributed by atoms with van der Waals surface area (Å²) in [5.74, 6) is 0.0531. The molecule has 42 heavy (non-hydrogen) atoms. The number of benzene rings is 2. The highest BCUT2D eigenvalue weighted by Crippen LogP contribution is 2.29. The summed E-state index contributed by atoms with van der Waals surface area (Å²) in [5.41, 5.74) is 6.13. The molecule has 2 N–H and O–H groups in total. The number of aryl methyl sites for hydroxylation is 2. The second-order valence-corrected chi connectivity index (χ2v) is 10.9. The van der Waals surface area contributed by atoms with E-state index in [4.69, 9.17) is 4.98 Å². The second-order valence-electron chi connectivity index (χ2n) is 10.9. The lowest BCUT2D eigenvalue weighted by Crippen LogP contribution is -2.44. The van der Waals surface area contributed by atoms with Gasteiger partial charge in [0.25, 0.3) is 11.5 Å². The molecule has 2 aromatic heterocycles. The molecule has 4 aromatic rings. The topological polar surface area (TPSA) is 95.4 Å². The van der Waals surface area contributed by atoms with Crippen LogP contribution >= 0.6 is 0 Å². The molecule has 5 rings (SSSR count). The number of aromatic nitrogens is 3. The van der Waals surface area contributed by atoms with Crippen molar-refractivity contribution in [3.05, 3.63) is 94.2 Å². The van der Waals surface area contributed by atoms with E-state index in [1.165, 1.54) is 10.3 Å². The quantitative estimate of drug-likeness (QED) is 0.287. The van der Waals surface area contributed by atoms with Crippen molar-refractivity contribution in [3.63, 3.8) is 0 Å². The molecule has 0 atom stereocenters. The zero-order chi connectivity index (χ0) is 29.6. The summed E-state index contributed by atoms with van der Waals surface area (Å²) in [7, 11) is 3.86. The van der Waals surface area contributed by atoms with Gasteiger partial charge in [0.15, 0.2) is 5.82 Å². The summed E-state index contributed by atoms with van der Waals surface area (Å²) >= 11 is 0. The van der Waals surface area contributed by atoms with Crippen LogP contribution in [0.1, 0.15) is 41.4 Å². The van der Waals surface area contributed by atoms with Gasteiger partial charge in [-0.1, -0.05) is 25.5 Å². The van der Waals surface area contributed by atoms with Gasteiger partial charge in [-0.05, 0) is 74.8 Å². The van der Waals surface area contributed by atoms with Crippen LogP contribution in [0.3, 0.4) is 0 Å². The molecule has 3 heterocycles. The highest BCUT2D eigenvalue weighted by Gasteiger charge is 2.17. The van der Waals surface area contributed by atoms with Crippen LogP contribution in [0.5, 0.6) is 0 Å². The van der Waals surface area contributed by atoms with Gasteiger partial charge in [-0.15, -0.1) is 0 Å². The minimum Gasteiger partial charge on any atom is -0.369 e. The van der Waals surface area contributed by atoms with E-state index >= 15 is 0 Å². The molecular formula is C33H39N7O2. The summed E-state index contributed by atoms with van der Waals surface area (Å²) in [5, 5.41) is 6.29. The molecule has 1 aliphatic heterocycles. The number of hydrogen-bond donors (Lipinski definition) is 2. The van der Waals surface area contributed by atoms with Gasteiger partial charge in [-0.2, -0.15) is 0 Å². The lowest BCUT2D eigenvalue weighted by molar-refractivity contribution is 0.102. The van der Waals surface area contributed by atoms with Gasteiger partial charge in [0.1, 0.15) is 0 Å². The van der Waals surface area contributed by atoms with Crippen LogP contribution in [0.4, 0.5) is 22.9 Å². The molecular weight excluding hydrogens is 526 g/mol. The Morgan fingerprint density at radius 2 is 1.74 bits per heavy atom. The monoisotopic (exact) mass is 565 g/mol. The predicted octanol–water partition coefficient (Wildman–Crippen LogP) is 5.24. The van der Waals surface area contributed by atoms with E-state index in [0.717, 1.165) is 67.9 Å². The number of pyridine rings is 1. The normalized spacial score (nSPS) is 13.7. The van der Waals surface area contributed by atoms with E-state index in [1.807, 2.05) is 43.3 Å². The molecule has 1 saturated heterocycles. The average Bonchev–Trinajstić information content (AvgIpc) is 3.00. The fourth-order valence-corrected chi connectivity index (χ4v) is 5.20. The van der Waals surface area contributed by atoms with E-state index in [2.05, 4.69) is 51.5 Å². The zero-order valence-electron chi connectivity index (χ0n) is 24.9. The van der Waals surface area contributed by atoms with E-state index in [0.29, 0.717) is 16.9 Å². The van der Waals surface area contributed by atoms with Gasteiger partial charge >= 0.3 is 0 Å². The molecule has 218 valence electrons. The predicted molar refractivity (Wildman–Crippen MR) is 170 cm³/mol. The Hall–Kier alpha value is -4.50. The first-order valence-corrected chi connectivity index (χ1v) is 14.6. The molecule has 0 radical (unpaired) electrons. The van der Waals surface area contributed by atoms with Crippen molar-refractivity contribution in [1.82, 2.24) is 19.4 Å². The number of hydrogen-bond acceptors (Lipinski definition) is 7. The van der Waals surface area contributed by atoms with Gasteiger partial charge < -0.3 is 25.0 Å². The molecule has 9 nitrogen and oxygen atoms in total. The first-order valence-electron chi connectivity index (χ1n) is 14.6. The molecule has 1 fully saturated rings. The smallest absolute Gasteiger partial charge is 0.293 e. The highest BCUT2D eigenvalue weighted by molar-refractivity contribution is 6.05. The largest absolute Gasteiger partial charge is 0.369 e. The van der Waals surface area contributed by atoms with Crippen molar-refractivity contribution < 1.29 is 4.79 Å². The molecule has 9 heteroatoms. The third kappa shape index (κ3) is 6.52. The van der Waals surface area contributed by atoms with Gasteiger partial charge in [0.2, 0.25) is 0 Å². The first-order chi connectivity index (χ1) is 20.3. The zero-order valence-corrected chi connectivity index (χ0v) is 24.9. The highest BCUT2D eigenvalue weighted by atomic mass is 16.1. The number of piperazine rings is 1. The van der Waals surface area contributed by atoms with E-state index in [1.54, 1.807) is 25.5 Å². The average molecular weight is 566 g/mol. The number of nitrogens with zero attached hydrogens (tertiary/aromatic N) is 5. The molecule has 0 unspecified atom stereocenters. The summed E-state index contributed by atoms with van der Waals surface area (Å²) < 4.78 is 1.53. The van der Waals surface area contributed by atoms with E-state index < -0.39 is 0 Å². The molecule has 2 aromatic carbocycles. The molecule has 1 amide bonds. The van der Waals surface area contributed by atoms with Crippen LogP contribution in [0, 0.1) is 6.92 Å². The summed E-state index contributed by atoms with van der Waals surface area (Å²) in [4.78, 5) is 40.2. The number of nitrogens with one attached hydrogen (secondary N) is 2. The van der Waals surface area contributed by atoms with E-state index in [9.17, 15) is 9.59 Å². The number of likely N-dealkylation sites (N-methyl/N-ethyl adjacent to an activating group) is 1. The SMILES string of the molecule is CCCCc1ncccc1C(=O)Nc1cccc(-c2cn(C)c(=O)c(Nc3ccc(N4CCN(C)CC4)cc3)n2)c1C. The fraction of sp³-hybridized carbons (Fsp3) is 0.333. The van der Waals surface area contributed by atoms with Crippen molar-refractivity contribution in [2.24, 2.45) is 7.05 Å². The van der Waals surface area contributed by atoms with Crippen LogP contribution in [-0.4, -0.2) is 58.6 Å². The van der Waals surface area contributed by atoms with Crippen LogP contribution in [0.15, 0.2) is 71.8 Å². The Kier molecular flexibility index (Phi) is 8.97. The van der Waals surface area contributed by atoms with Crippen LogP contribution in [-0.2, 0) is 13.5 Å². The van der Waals surface area contributed by atoms with Crippen LogP contribution < -0.4 is 21.1 Å². The van der Waals surface area contributed by atoms with E-state index in [-0.39, 0.29) is 17.3 Å². The molecule has 0 saturated carbocycles. The first kappa shape index (κ1) is 29.0. The summed E-state index contributed by atoms with van der Waals surface area (Å²) in [6.07, 6.45) is 6.22. The number of rotatable bonds is 9. The van der Waals surface area contributed by atoms with Crippen molar-refractivity contribution in [2.75, 3.05) is 48.8 Å². The number of amides is 1. The molecule has 0 spiro atoms. The van der Waals surface area contributed by atoms with Crippen molar-refractivity contribution in [3.8, 4) is 11.3 Å². The summed E-state index contributed by atoms with van der Waals surface area (Å²) in [6, 6.07) is 17.4. The lowest BCUT2D eigenvalue weighted by atomic mass is 10.0. The lowest BCUT2D eigenvalue weighted by Gasteiger charge is -2.34. The Labute approximate surface area is 247 Å². The Morgan fingerprint density at radius 1 is 0.976 bits per heavy atom. The maximum Gasteiger partial charge on any atom is 0.293 e. The maximum absolute atomic E-state index is 13.3. The Morgan fingerprint density at radius 3 is 2.48 bits per heavy atom. The molecule has 0 bridgehead atoms. The van der Waals surface area contributed by atoms with Crippen molar-refractivity contribution >= 4 is 28.8 Å². The fourth-order valence-electron chi connectivity index (χ4n) is 5.20. The Balaban J connectivity index is 1.37. The third-order valence-corrected chi connectivity index (χ3v) is 7.83. The molecule has 0 aliphatic carbocycles. The maximum atomic E-state index is 13.3. The van der Waals surface area contributed by atoms with Gasteiger partial charge in [0.05, 0.1) is 17.0 Å². The standard InChI is InChI=1S/C33H39N7O2/c1-5-6-11-29-27(10-8-17-34-29)32(41)37-28-12-7-9-26(23(28)2)30-22-39(4)33(42)31(36-30)35-24-13-15-25(16-14-24)40-20-18-38(3)19-21-40/h7-10,12-17,22H,5-6,11,18-21H2,1-4H3,(H,35,36)(H,37,41). The molecule has 1 aliphatic rings. The van der Waals surface area contributed by atoms with Crippen molar-refractivity contribution in [2.45, 2.75) is 33.1 Å². The van der Waals surface area contributed by atoms with Gasteiger partial charge in [-0.25, -0.2) is 4.98 Å². The number of anilines is 4. The van der Waals surface area contributed by atoms with Crippen LogP contribution in [0.25, 0.3) is 11.3 Å². The van der Waals surface area contributed by atoms with Crippen LogP contribution in [0.2, 0.25) is 0 Å². The van der Waals surface area contributed by atoms with Gasteiger partial charge in [-0.3, -0.25) is 14.6 Å². The third-order valence-electron chi connectivity index (χ3n) is 7.83. The number of carbonyl (C=O) groups is 1. The van der Waals surface area contributed by atoms with Gasteiger partial charge in [0, 0.05) is 68.2 Å². The minimum atomic E-state index is -0.222. The Bertz CT molecular complexity index is 1610. The number of carbonyl (C=O) groups excluding carboxylic acids is 1. The van der Waals surface area contributed by atoms with Crippen molar-refractivity contribution in [1.29, 1.82) is 0 Å².